The lowest BCUT2D eigenvalue weighted by molar-refractivity contribution is 0.0994. The van der Waals surface area contributed by atoms with Gasteiger partial charge in [-0.15, -0.1) is 0 Å². The SMILES string of the molecule is CCN(c1cc2nn(-c3ccc(NCC(C)C)nc3)c(C(N)=O)c2cc1C1(C)CC1)S(C)(=O)=O. The van der Waals surface area contributed by atoms with Crippen LogP contribution in [0.25, 0.3) is 16.6 Å². The number of nitrogens with zero attached hydrogens (tertiary/aromatic N) is 4. The van der Waals surface area contributed by atoms with Crippen molar-refractivity contribution in [1.29, 1.82) is 0 Å². The van der Waals surface area contributed by atoms with Crippen molar-refractivity contribution in [1.82, 2.24) is 14.8 Å². The zero-order valence-corrected chi connectivity index (χ0v) is 21.1. The lowest BCUT2D eigenvalue weighted by Crippen LogP contribution is -2.31. The van der Waals surface area contributed by atoms with E-state index in [-0.39, 0.29) is 11.1 Å². The van der Waals surface area contributed by atoms with Crippen molar-refractivity contribution in [3.05, 3.63) is 41.7 Å². The van der Waals surface area contributed by atoms with Gasteiger partial charge in [0.05, 0.1) is 29.3 Å². The summed E-state index contributed by atoms with van der Waals surface area (Å²) in [7, 11) is -3.49. The Labute approximate surface area is 200 Å². The Hall–Kier alpha value is -3.14. The maximum absolute atomic E-state index is 12.5. The number of pyridine rings is 1. The first kappa shape index (κ1) is 24.0. The molecule has 9 nitrogen and oxygen atoms in total. The summed E-state index contributed by atoms with van der Waals surface area (Å²) >= 11 is 0. The highest BCUT2D eigenvalue weighted by atomic mass is 32.2. The van der Waals surface area contributed by atoms with Crippen molar-refractivity contribution < 1.29 is 13.2 Å². The second-order valence-electron chi connectivity index (χ2n) is 9.68. The third-order valence-corrected chi connectivity index (χ3v) is 7.57. The lowest BCUT2D eigenvalue weighted by atomic mass is 9.94. The smallest absolute Gasteiger partial charge is 0.268 e. The molecule has 0 aliphatic heterocycles. The van der Waals surface area contributed by atoms with Gasteiger partial charge in [0.15, 0.2) is 0 Å². The minimum Gasteiger partial charge on any atom is -0.370 e. The van der Waals surface area contributed by atoms with Crippen molar-refractivity contribution in [2.24, 2.45) is 11.7 Å². The first-order valence-corrected chi connectivity index (χ1v) is 13.3. The minimum absolute atomic E-state index is 0.149. The van der Waals surface area contributed by atoms with Crippen molar-refractivity contribution >= 4 is 38.3 Å². The normalized spacial score (nSPS) is 15.0. The van der Waals surface area contributed by atoms with Crippen LogP contribution in [0.4, 0.5) is 11.5 Å². The molecule has 1 aliphatic carbocycles. The molecule has 0 radical (unpaired) electrons. The molecule has 2 aromatic heterocycles. The van der Waals surface area contributed by atoms with Gasteiger partial charge in [0.25, 0.3) is 5.91 Å². The molecule has 0 saturated heterocycles. The number of hydrogen-bond donors (Lipinski definition) is 2. The van der Waals surface area contributed by atoms with Gasteiger partial charge < -0.3 is 11.1 Å². The van der Waals surface area contributed by atoms with Gasteiger partial charge in [0.2, 0.25) is 10.0 Å². The van der Waals surface area contributed by atoms with Gasteiger partial charge in [-0.1, -0.05) is 20.8 Å². The summed E-state index contributed by atoms with van der Waals surface area (Å²) < 4.78 is 28.0. The molecule has 10 heteroatoms. The predicted octanol–water partition coefficient (Wildman–Crippen LogP) is 3.42. The molecular weight excluding hydrogens is 452 g/mol. The number of nitrogens with two attached hydrogens (primary N) is 1. The molecule has 1 fully saturated rings. The van der Waals surface area contributed by atoms with Crippen LogP contribution in [-0.2, 0) is 15.4 Å². The summed E-state index contributed by atoms with van der Waals surface area (Å²) in [4.78, 5) is 17.0. The Morgan fingerprint density at radius 2 is 2.00 bits per heavy atom. The maximum atomic E-state index is 12.5. The number of nitrogens with one attached hydrogen (secondary N) is 1. The molecule has 3 aromatic rings. The van der Waals surface area contributed by atoms with Crippen LogP contribution in [0.3, 0.4) is 0 Å². The van der Waals surface area contributed by atoms with E-state index < -0.39 is 15.9 Å². The zero-order chi connectivity index (χ0) is 24.8. The molecular formula is C24H32N6O3S. The molecule has 0 unspecified atom stereocenters. The molecule has 1 amide bonds. The Bertz CT molecular complexity index is 1340. The quantitative estimate of drug-likeness (QED) is 0.480. The van der Waals surface area contributed by atoms with Crippen LogP contribution in [0.2, 0.25) is 0 Å². The topological polar surface area (TPSA) is 123 Å². The number of fused-ring (bicyclic) bond motifs is 1. The number of hydrogen-bond acceptors (Lipinski definition) is 6. The van der Waals surface area contributed by atoms with Gasteiger partial charge in [-0.2, -0.15) is 5.10 Å². The highest BCUT2D eigenvalue weighted by molar-refractivity contribution is 7.92. The van der Waals surface area contributed by atoms with Crippen LogP contribution in [0, 0.1) is 5.92 Å². The second kappa shape index (κ2) is 8.57. The van der Waals surface area contributed by atoms with Gasteiger partial charge >= 0.3 is 0 Å². The molecule has 34 heavy (non-hydrogen) atoms. The van der Waals surface area contributed by atoms with E-state index in [1.165, 1.54) is 15.2 Å². The number of carbonyl (C=O) groups is 1. The summed E-state index contributed by atoms with van der Waals surface area (Å²) in [5.41, 5.74) is 8.49. The molecule has 2 heterocycles. The van der Waals surface area contributed by atoms with Crippen LogP contribution >= 0.6 is 0 Å². The molecule has 1 aromatic carbocycles. The fourth-order valence-corrected chi connectivity index (χ4v) is 5.18. The van der Waals surface area contributed by atoms with E-state index in [1.54, 1.807) is 19.2 Å². The number of sulfonamides is 1. The largest absolute Gasteiger partial charge is 0.370 e. The van der Waals surface area contributed by atoms with Crippen LogP contribution in [-0.4, -0.2) is 48.4 Å². The molecule has 182 valence electrons. The third kappa shape index (κ3) is 4.46. The van der Waals surface area contributed by atoms with E-state index in [4.69, 9.17) is 5.73 Å². The van der Waals surface area contributed by atoms with Crippen LogP contribution in [0.15, 0.2) is 30.5 Å². The monoisotopic (exact) mass is 484 g/mol. The summed E-state index contributed by atoms with van der Waals surface area (Å²) in [5, 5.41) is 8.51. The fourth-order valence-electron chi connectivity index (χ4n) is 4.20. The van der Waals surface area contributed by atoms with Gasteiger partial charge in [0.1, 0.15) is 11.5 Å². The number of benzene rings is 1. The second-order valence-corrected chi connectivity index (χ2v) is 11.6. The van der Waals surface area contributed by atoms with Gasteiger partial charge in [-0.25, -0.2) is 18.1 Å². The standard InChI is InChI=1S/C24H32N6O3S/c1-6-29(34(5,32)33)20-12-19-17(11-18(20)24(4)9-10-24)22(23(25)31)30(28-19)16-7-8-21(27-14-16)26-13-15(2)3/h7-8,11-12,14-15H,6,9-10,13H2,1-5H3,(H2,25,31)(H,26,27). The van der Waals surface area contributed by atoms with Gasteiger partial charge in [0, 0.05) is 18.5 Å². The number of anilines is 2. The lowest BCUT2D eigenvalue weighted by Gasteiger charge is -2.26. The third-order valence-electron chi connectivity index (χ3n) is 6.31. The first-order valence-electron chi connectivity index (χ1n) is 11.5. The Balaban J connectivity index is 1.88. The van der Waals surface area contributed by atoms with Crippen LogP contribution in [0.1, 0.15) is 56.6 Å². The van der Waals surface area contributed by atoms with E-state index in [1.807, 2.05) is 18.2 Å². The van der Waals surface area contributed by atoms with E-state index in [0.29, 0.717) is 34.7 Å². The predicted molar refractivity (Wildman–Crippen MR) is 135 cm³/mol. The highest BCUT2D eigenvalue weighted by Gasteiger charge is 2.42. The van der Waals surface area contributed by atoms with E-state index in [0.717, 1.165) is 30.8 Å². The summed E-state index contributed by atoms with van der Waals surface area (Å²) in [6.07, 6.45) is 4.73. The summed E-state index contributed by atoms with van der Waals surface area (Å²) in [6, 6.07) is 7.31. The summed E-state index contributed by atoms with van der Waals surface area (Å²) in [6.45, 7) is 9.23. The molecule has 3 N–H and O–H groups in total. The Kier molecular flexibility index (Phi) is 6.05. The number of primary amides is 1. The van der Waals surface area contributed by atoms with Crippen molar-refractivity contribution in [2.75, 3.05) is 29.0 Å². The highest BCUT2D eigenvalue weighted by Crippen LogP contribution is 2.52. The van der Waals surface area contributed by atoms with Crippen molar-refractivity contribution in [3.8, 4) is 5.69 Å². The fraction of sp³-hybridized carbons (Fsp3) is 0.458. The Morgan fingerprint density at radius 3 is 2.50 bits per heavy atom. The van der Waals surface area contributed by atoms with Crippen LogP contribution in [0.5, 0.6) is 0 Å². The average Bonchev–Trinajstić information content (AvgIpc) is 3.39. The van der Waals surface area contributed by atoms with Crippen molar-refractivity contribution in [2.45, 2.75) is 46.0 Å². The minimum atomic E-state index is -3.49. The number of carbonyl (C=O) groups excluding carboxylic acids is 1. The number of rotatable bonds is 9. The molecule has 0 bridgehead atoms. The molecule has 0 atom stereocenters. The molecule has 0 spiro atoms. The van der Waals surface area contributed by atoms with E-state index in [2.05, 4.69) is 36.2 Å². The van der Waals surface area contributed by atoms with Gasteiger partial charge in [-0.3, -0.25) is 9.10 Å². The van der Waals surface area contributed by atoms with E-state index in [9.17, 15) is 13.2 Å². The number of amides is 1. The molecule has 1 saturated carbocycles. The molecule has 1 aliphatic rings. The van der Waals surface area contributed by atoms with Crippen molar-refractivity contribution in [3.63, 3.8) is 0 Å². The summed E-state index contributed by atoms with van der Waals surface area (Å²) in [5.74, 6) is 0.595. The first-order chi connectivity index (χ1) is 15.9. The molecule has 4 rings (SSSR count). The average molecular weight is 485 g/mol. The maximum Gasteiger partial charge on any atom is 0.268 e. The Morgan fingerprint density at radius 1 is 1.29 bits per heavy atom. The zero-order valence-electron chi connectivity index (χ0n) is 20.3. The number of aromatic nitrogens is 3. The van der Waals surface area contributed by atoms with E-state index >= 15 is 0 Å². The van der Waals surface area contributed by atoms with Gasteiger partial charge in [-0.05, 0) is 60.9 Å². The van der Waals surface area contributed by atoms with Crippen LogP contribution < -0.4 is 15.4 Å².